The molecule has 0 amide bonds. The highest BCUT2D eigenvalue weighted by Crippen LogP contribution is 2.24. The zero-order valence-electron chi connectivity index (χ0n) is 11.9. The van der Waals surface area contributed by atoms with Crippen LogP contribution in [0.3, 0.4) is 0 Å². The molecule has 1 atom stereocenters. The molecule has 4 heteroatoms. The van der Waals surface area contributed by atoms with E-state index in [1.807, 2.05) is 31.2 Å². The normalized spacial score (nSPS) is 20.6. The Labute approximate surface area is 115 Å². The van der Waals surface area contributed by atoms with Gasteiger partial charge in [-0.15, -0.1) is 0 Å². The minimum Gasteiger partial charge on any atom is -0.497 e. The Morgan fingerprint density at radius 3 is 2.68 bits per heavy atom. The van der Waals surface area contributed by atoms with Gasteiger partial charge in [-0.3, -0.25) is 4.90 Å². The van der Waals surface area contributed by atoms with Crippen molar-refractivity contribution in [3.63, 3.8) is 0 Å². The summed E-state index contributed by atoms with van der Waals surface area (Å²) in [6, 6.07) is 7.67. The minimum atomic E-state index is -0.823. The van der Waals surface area contributed by atoms with Gasteiger partial charge in [0, 0.05) is 19.6 Å². The molecule has 4 nitrogen and oxygen atoms in total. The van der Waals surface area contributed by atoms with E-state index in [1.54, 1.807) is 7.11 Å². The number of rotatable bonds is 4. The lowest BCUT2D eigenvalue weighted by molar-refractivity contribution is 0.0177. The molecule has 0 spiro atoms. The number of aliphatic hydroxyl groups is 1. The summed E-state index contributed by atoms with van der Waals surface area (Å²) in [5, 5.41) is 14.1. The second-order valence-corrected chi connectivity index (χ2v) is 5.38. The van der Waals surface area contributed by atoms with E-state index < -0.39 is 5.60 Å². The molecule has 1 aliphatic heterocycles. The topological polar surface area (TPSA) is 44.7 Å². The average molecular weight is 264 g/mol. The van der Waals surface area contributed by atoms with Crippen molar-refractivity contribution >= 4 is 0 Å². The van der Waals surface area contributed by atoms with Gasteiger partial charge >= 0.3 is 0 Å². The predicted molar refractivity (Wildman–Crippen MR) is 76.5 cm³/mol. The number of β-amino-alcohol motifs (C(OH)–C–C–N with tert-alkyl or cyclic N) is 1. The lowest BCUT2D eigenvalue weighted by atomic mass is 9.95. The van der Waals surface area contributed by atoms with Gasteiger partial charge in [-0.2, -0.15) is 0 Å². The number of ether oxygens (including phenoxy) is 1. The molecule has 19 heavy (non-hydrogen) atoms. The molecular formula is C15H24N2O2. The van der Waals surface area contributed by atoms with Crippen LogP contribution in [0.15, 0.2) is 24.3 Å². The van der Waals surface area contributed by atoms with Gasteiger partial charge in [0.05, 0.1) is 12.7 Å². The summed E-state index contributed by atoms with van der Waals surface area (Å²) in [6.07, 6.45) is 1.14. The summed E-state index contributed by atoms with van der Waals surface area (Å²) < 4.78 is 5.15. The first-order chi connectivity index (χ1) is 9.12. The Morgan fingerprint density at radius 1 is 1.26 bits per heavy atom. The lowest BCUT2D eigenvalue weighted by Crippen LogP contribution is -2.40. The van der Waals surface area contributed by atoms with Crippen LogP contribution in [0.4, 0.5) is 0 Å². The van der Waals surface area contributed by atoms with Crippen molar-refractivity contribution in [2.45, 2.75) is 18.9 Å². The van der Waals surface area contributed by atoms with Crippen molar-refractivity contribution in [2.24, 2.45) is 0 Å². The Morgan fingerprint density at radius 2 is 2.00 bits per heavy atom. The zero-order valence-corrected chi connectivity index (χ0v) is 11.9. The van der Waals surface area contributed by atoms with Crippen molar-refractivity contribution < 1.29 is 9.84 Å². The maximum atomic E-state index is 10.7. The van der Waals surface area contributed by atoms with E-state index in [4.69, 9.17) is 4.74 Å². The van der Waals surface area contributed by atoms with Gasteiger partial charge in [0.25, 0.3) is 0 Å². The molecule has 0 saturated carbocycles. The summed E-state index contributed by atoms with van der Waals surface area (Å²) >= 11 is 0. The Balaban J connectivity index is 2.02. The highest BCUT2D eigenvalue weighted by atomic mass is 16.5. The van der Waals surface area contributed by atoms with Crippen LogP contribution in [0, 0.1) is 0 Å². The first-order valence-electron chi connectivity index (χ1n) is 6.92. The van der Waals surface area contributed by atoms with Crippen LogP contribution in [-0.2, 0) is 5.60 Å². The molecule has 1 saturated heterocycles. The molecular weight excluding hydrogens is 240 g/mol. The Hall–Kier alpha value is -1.10. The van der Waals surface area contributed by atoms with Gasteiger partial charge in [0.1, 0.15) is 5.75 Å². The van der Waals surface area contributed by atoms with Crippen LogP contribution in [-0.4, -0.2) is 49.8 Å². The second kappa shape index (κ2) is 6.37. The molecule has 2 rings (SSSR count). The number of nitrogens with one attached hydrogen (secondary N) is 1. The van der Waals surface area contributed by atoms with E-state index in [2.05, 4.69) is 10.2 Å². The van der Waals surface area contributed by atoms with Crippen LogP contribution in [0.25, 0.3) is 0 Å². The number of hydrogen-bond donors (Lipinski definition) is 2. The van der Waals surface area contributed by atoms with Gasteiger partial charge in [-0.25, -0.2) is 0 Å². The van der Waals surface area contributed by atoms with Crippen molar-refractivity contribution in [3.8, 4) is 5.75 Å². The molecule has 0 radical (unpaired) electrons. The lowest BCUT2D eigenvalue weighted by Gasteiger charge is -2.31. The summed E-state index contributed by atoms with van der Waals surface area (Å²) in [5.41, 5.74) is 0.113. The Bertz CT molecular complexity index is 382. The fourth-order valence-electron chi connectivity index (χ4n) is 2.54. The largest absolute Gasteiger partial charge is 0.497 e. The monoisotopic (exact) mass is 264 g/mol. The zero-order chi connectivity index (χ0) is 13.7. The minimum absolute atomic E-state index is 0.668. The number of benzene rings is 1. The fourth-order valence-corrected chi connectivity index (χ4v) is 2.54. The van der Waals surface area contributed by atoms with Gasteiger partial charge in [0.15, 0.2) is 0 Å². The van der Waals surface area contributed by atoms with E-state index in [-0.39, 0.29) is 0 Å². The smallest absolute Gasteiger partial charge is 0.118 e. The third kappa shape index (κ3) is 3.93. The standard InChI is InChI=1S/C15H24N2O2/c1-15(18,12-17-10-3-8-16-9-11-17)13-4-6-14(19-2)7-5-13/h4-7,16,18H,3,8-12H2,1-2H3. The molecule has 1 aliphatic rings. The SMILES string of the molecule is COc1ccc(C(C)(O)CN2CCCNCC2)cc1. The van der Waals surface area contributed by atoms with Gasteiger partial charge < -0.3 is 15.2 Å². The molecule has 2 N–H and O–H groups in total. The molecule has 1 unspecified atom stereocenters. The molecule has 1 aromatic rings. The molecule has 0 bridgehead atoms. The summed E-state index contributed by atoms with van der Waals surface area (Å²) in [5.74, 6) is 0.818. The Kier molecular flexibility index (Phi) is 4.80. The van der Waals surface area contributed by atoms with Crippen molar-refractivity contribution in [3.05, 3.63) is 29.8 Å². The van der Waals surface area contributed by atoms with Crippen LogP contribution in [0.2, 0.25) is 0 Å². The molecule has 1 heterocycles. The van der Waals surface area contributed by atoms with Crippen LogP contribution in [0.5, 0.6) is 5.75 Å². The molecule has 1 fully saturated rings. The summed E-state index contributed by atoms with van der Waals surface area (Å²) in [7, 11) is 1.65. The van der Waals surface area contributed by atoms with E-state index >= 15 is 0 Å². The van der Waals surface area contributed by atoms with Crippen molar-refractivity contribution in [1.29, 1.82) is 0 Å². The third-order valence-electron chi connectivity index (χ3n) is 3.68. The van der Waals surface area contributed by atoms with Crippen LogP contribution in [0.1, 0.15) is 18.9 Å². The third-order valence-corrected chi connectivity index (χ3v) is 3.68. The molecule has 0 aliphatic carbocycles. The van der Waals surface area contributed by atoms with E-state index in [1.165, 1.54) is 0 Å². The van der Waals surface area contributed by atoms with Crippen LogP contribution < -0.4 is 10.1 Å². The molecule has 1 aromatic carbocycles. The van der Waals surface area contributed by atoms with Crippen molar-refractivity contribution in [1.82, 2.24) is 10.2 Å². The van der Waals surface area contributed by atoms with E-state index in [9.17, 15) is 5.11 Å². The second-order valence-electron chi connectivity index (χ2n) is 5.38. The average Bonchev–Trinajstić information content (AvgIpc) is 2.67. The highest BCUT2D eigenvalue weighted by molar-refractivity contribution is 5.30. The first kappa shape index (κ1) is 14.3. The van der Waals surface area contributed by atoms with E-state index in [0.29, 0.717) is 6.54 Å². The van der Waals surface area contributed by atoms with Crippen molar-refractivity contribution in [2.75, 3.05) is 39.8 Å². The maximum Gasteiger partial charge on any atom is 0.118 e. The van der Waals surface area contributed by atoms with Gasteiger partial charge in [-0.05, 0) is 44.1 Å². The first-order valence-corrected chi connectivity index (χ1v) is 6.92. The molecule has 0 aromatic heterocycles. The fraction of sp³-hybridized carbons (Fsp3) is 0.600. The van der Waals surface area contributed by atoms with E-state index in [0.717, 1.165) is 43.9 Å². The summed E-state index contributed by atoms with van der Waals surface area (Å²) in [4.78, 5) is 2.32. The number of hydrogen-bond acceptors (Lipinski definition) is 4. The van der Waals surface area contributed by atoms with Gasteiger partial charge in [-0.1, -0.05) is 12.1 Å². The number of nitrogens with zero attached hydrogens (tertiary/aromatic N) is 1. The number of methoxy groups -OCH3 is 1. The molecule has 106 valence electrons. The maximum absolute atomic E-state index is 10.7. The highest BCUT2D eigenvalue weighted by Gasteiger charge is 2.26. The van der Waals surface area contributed by atoms with Crippen LogP contribution >= 0.6 is 0 Å². The summed E-state index contributed by atoms with van der Waals surface area (Å²) in [6.45, 7) is 6.65. The quantitative estimate of drug-likeness (QED) is 0.858. The van der Waals surface area contributed by atoms with Gasteiger partial charge in [0.2, 0.25) is 0 Å². The predicted octanol–water partition coefficient (Wildman–Crippen LogP) is 1.20.